The van der Waals surface area contributed by atoms with E-state index in [0.29, 0.717) is 0 Å². The second-order valence-corrected chi connectivity index (χ2v) is 5.07. The first kappa shape index (κ1) is 14.2. The molecule has 0 aliphatic heterocycles. The molecule has 0 saturated heterocycles. The number of nitrogens with zero attached hydrogens (tertiary/aromatic N) is 1. The Morgan fingerprint density at radius 1 is 1.06 bits per heavy atom. The van der Waals surface area contributed by atoms with Crippen molar-refractivity contribution in [2.24, 2.45) is 0 Å². The lowest BCUT2D eigenvalue weighted by Gasteiger charge is -2.18. The molecule has 0 radical (unpaired) electrons. The Labute approximate surface area is 107 Å². The molecule has 0 aliphatic rings. The normalized spacial score (nSPS) is 12.6. The maximum atomic E-state index is 4.20. The van der Waals surface area contributed by atoms with Gasteiger partial charge in [-0.05, 0) is 42.9 Å². The Balaban J connectivity index is 2.56. The molecule has 1 atom stereocenters. The number of aromatic nitrogens is 1. The van der Waals surface area contributed by atoms with Gasteiger partial charge in [0.15, 0.2) is 0 Å². The molecule has 0 saturated carbocycles. The molecule has 0 spiro atoms. The van der Waals surface area contributed by atoms with E-state index in [1.165, 1.54) is 56.1 Å². The highest BCUT2D eigenvalue weighted by atomic mass is 14.6. The van der Waals surface area contributed by atoms with E-state index in [1.54, 1.807) is 0 Å². The summed E-state index contributed by atoms with van der Waals surface area (Å²) < 4.78 is 0. The van der Waals surface area contributed by atoms with Gasteiger partial charge in [-0.15, -0.1) is 0 Å². The number of rotatable bonds is 8. The van der Waals surface area contributed by atoms with Crippen LogP contribution in [0.25, 0.3) is 0 Å². The Morgan fingerprint density at radius 2 is 1.88 bits per heavy atom. The molecule has 1 aromatic rings. The van der Waals surface area contributed by atoms with Crippen LogP contribution in [0.5, 0.6) is 0 Å². The zero-order valence-electron chi connectivity index (χ0n) is 11.7. The summed E-state index contributed by atoms with van der Waals surface area (Å²) in [6.07, 6.45) is 13.4. The summed E-state index contributed by atoms with van der Waals surface area (Å²) in [4.78, 5) is 4.20. The quantitative estimate of drug-likeness (QED) is 0.559. The van der Waals surface area contributed by atoms with E-state index >= 15 is 0 Å². The minimum Gasteiger partial charge on any atom is -0.264 e. The van der Waals surface area contributed by atoms with Crippen LogP contribution in [0.4, 0.5) is 0 Å². The Kier molecular flexibility index (Phi) is 6.91. The van der Waals surface area contributed by atoms with Crippen LogP contribution in [-0.4, -0.2) is 4.98 Å². The van der Waals surface area contributed by atoms with Gasteiger partial charge in [0.05, 0.1) is 0 Å². The average Bonchev–Trinajstić information content (AvgIpc) is 2.34. The molecular formula is C16H27N. The summed E-state index contributed by atoms with van der Waals surface area (Å²) in [6.45, 7) is 6.75. The van der Waals surface area contributed by atoms with E-state index in [4.69, 9.17) is 0 Å². The minimum absolute atomic E-state index is 0.750. The summed E-state index contributed by atoms with van der Waals surface area (Å²) in [7, 11) is 0. The molecule has 1 unspecified atom stereocenters. The minimum atomic E-state index is 0.750. The summed E-state index contributed by atoms with van der Waals surface area (Å²) in [5.74, 6) is 0.750. The van der Waals surface area contributed by atoms with Crippen molar-refractivity contribution < 1.29 is 0 Å². The number of hydrogen-bond donors (Lipinski definition) is 0. The van der Waals surface area contributed by atoms with Crippen LogP contribution >= 0.6 is 0 Å². The first-order chi connectivity index (χ1) is 8.29. The van der Waals surface area contributed by atoms with Gasteiger partial charge in [-0.2, -0.15) is 0 Å². The van der Waals surface area contributed by atoms with Crippen LogP contribution in [0, 0.1) is 6.92 Å². The van der Waals surface area contributed by atoms with Crippen molar-refractivity contribution >= 4 is 0 Å². The Morgan fingerprint density at radius 3 is 2.53 bits per heavy atom. The van der Waals surface area contributed by atoms with Crippen molar-refractivity contribution in [1.29, 1.82) is 0 Å². The highest BCUT2D eigenvalue weighted by molar-refractivity contribution is 5.25. The molecular weight excluding hydrogens is 206 g/mol. The summed E-state index contributed by atoms with van der Waals surface area (Å²) in [5.41, 5.74) is 2.89. The SMILES string of the molecule is CCCCCCC(CCC)c1ccncc1C. The van der Waals surface area contributed by atoms with Crippen molar-refractivity contribution in [3.63, 3.8) is 0 Å². The van der Waals surface area contributed by atoms with E-state index in [0.717, 1.165) is 5.92 Å². The zero-order valence-corrected chi connectivity index (χ0v) is 11.7. The van der Waals surface area contributed by atoms with Gasteiger partial charge in [-0.1, -0.05) is 46.0 Å². The molecule has 1 heteroatoms. The van der Waals surface area contributed by atoms with Gasteiger partial charge in [0.25, 0.3) is 0 Å². The van der Waals surface area contributed by atoms with Crippen LogP contribution in [0.1, 0.15) is 75.8 Å². The fourth-order valence-electron chi connectivity index (χ4n) is 2.56. The predicted octanol–water partition coefficient (Wildman–Crippen LogP) is 5.24. The number of pyridine rings is 1. The third-order valence-corrected chi connectivity index (χ3v) is 3.55. The zero-order chi connectivity index (χ0) is 12.5. The highest BCUT2D eigenvalue weighted by Gasteiger charge is 2.12. The molecule has 1 aromatic heterocycles. The first-order valence-corrected chi connectivity index (χ1v) is 7.20. The number of unbranched alkanes of at least 4 members (excludes halogenated alkanes) is 3. The lowest BCUT2D eigenvalue weighted by molar-refractivity contribution is 0.519. The number of aryl methyl sites for hydroxylation is 1. The third kappa shape index (κ3) is 4.89. The predicted molar refractivity (Wildman–Crippen MR) is 75.4 cm³/mol. The van der Waals surface area contributed by atoms with Crippen molar-refractivity contribution in [3.8, 4) is 0 Å². The van der Waals surface area contributed by atoms with Crippen LogP contribution in [0.15, 0.2) is 18.5 Å². The topological polar surface area (TPSA) is 12.9 Å². The second kappa shape index (κ2) is 8.27. The van der Waals surface area contributed by atoms with Gasteiger partial charge >= 0.3 is 0 Å². The lowest BCUT2D eigenvalue weighted by atomic mass is 9.87. The summed E-state index contributed by atoms with van der Waals surface area (Å²) >= 11 is 0. The van der Waals surface area contributed by atoms with Gasteiger partial charge in [-0.25, -0.2) is 0 Å². The molecule has 0 N–H and O–H groups in total. The van der Waals surface area contributed by atoms with Crippen molar-refractivity contribution in [3.05, 3.63) is 29.6 Å². The molecule has 0 bridgehead atoms. The smallest absolute Gasteiger partial charge is 0.0299 e. The molecule has 0 aromatic carbocycles. The fraction of sp³-hybridized carbons (Fsp3) is 0.688. The van der Waals surface area contributed by atoms with Crippen LogP contribution in [-0.2, 0) is 0 Å². The maximum Gasteiger partial charge on any atom is 0.0299 e. The molecule has 0 amide bonds. The monoisotopic (exact) mass is 233 g/mol. The van der Waals surface area contributed by atoms with Gasteiger partial charge in [0.2, 0.25) is 0 Å². The van der Waals surface area contributed by atoms with Gasteiger partial charge in [0, 0.05) is 12.4 Å². The lowest BCUT2D eigenvalue weighted by Crippen LogP contribution is -2.01. The molecule has 1 heterocycles. The van der Waals surface area contributed by atoms with Crippen molar-refractivity contribution in [1.82, 2.24) is 4.98 Å². The highest BCUT2D eigenvalue weighted by Crippen LogP contribution is 2.29. The third-order valence-electron chi connectivity index (χ3n) is 3.55. The first-order valence-electron chi connectivity index (χ1n) is 7.20. The van der Waals surface area contributed by atoms with E-state index in [1.807, 2.05) is 12.4 Å². The number of hydrogen-bond acceptors (Lipinski definition) is 1. The largest absolute Gasteiger partial charge is 0.264 e. The molecule has 0 fully saturated rings. The summed E-state index contributed by atoms with van der Waals surface area (Å²) in [5, 5.41) is 0. The average molecular weight is 233 g/mol. The molecule has 0 aliphatic carbocycles. The van der Waals surface area contributed by atoms with Gasteiger partial charge in [0.1, 0.15) is 0 Å². The molecule has 17 heavy (non-hydrogen) atoms. The van der Waals surface area contributed by atoms with Gasteiger partial charge in [-0.3, -0.25) is 4.98 Å². The van der Waals surface area contributed by atoms with E-state index in [9.17, 15) is 0 Å². The molecule has 1 nitrogen and oxygen atoms in total. The standard InChI is InChI=1S/C16H27N/c1-4-6-7-8-10-15(9-5-2)16-11-12-17-13-14(16)3/h11-13,15H,4-10H2,1-3H3. The van der Waals surface area contributed by atoms with Crippen LogP contribution in [0.2, 0.25) is 0 Å². The Hall–Kier alpha value is -0.850. The fourth-order valence-corrected chi connectivity index (χ4v) is 2.56. The molecule has 96 valence electrons. The van der Waals surface area contributed by atoms with Crippen molar-refractivity contribution in [2.75, 3.05) is 0 Å². The van der Waals surface area contributed by atoms with Crippen LogP contribution in [0.3, 0.4) is 0 Å². The van der Waals surface area contributed by atoms with Gasteiger partial charge < -0.3 is 0 Å². The second-order valence-electron chi connectivity index (χ2n) is 5.07. The molecule has 1 rings (SSSR count). The Bertz CT molecular complexity index is 306. The van der Waals surface area contributed by atoms with E-state index < -0.39 is 0 Å². The van der Waals surface area contributed by atoms with E-state index in [-0.39, 0.29) is 0 Å². The maximum absolute atomic E-state index is 4.20. The van der Waals surface area contributed by atoms with E-state index in [2.05, 4.69) is 31.8 Å². The van der Waals surface area contributed by atoms with Crippen molar-refractivity contribution in [2.45, 2.75) is 71.6 Å². The summed E-state index contributed by atoms with van der Waals surface area (Å²) in [6, 6.07) is 2.22. The van der Waals surface area contributed by atoms with Crippen LogP contribution < -0.4 is 0 Å².